The molecule has 1 aliphatic carbocycles. The highest BCUT2D eigenvalue weighted by molar-refractivity contribution is 5.88. The molecule has 23 heavy (non-hydrogen) atoms. The van der Waals surface area contributed by atoms with Crippen molar-refractivity contribution in [3.63, 3.8) is 0 Å². The summed E-state index contributed by atoms with van der Waals surface area (Å²) in [6, 6.07) is 9.17. The van der Waals surface area contributed by atoms with Crippen LogP contribution < -0.4 is 5.32 Å². The van der Waals surface area contributed by atoms with Crippen LogP contribution in [-0.2, 0) is 12.6 Å². The smallest absolute Gasteiger partial charge is 0.363 e. The minimum Gasteiger partial charge on any atom is -0.363 e. The van der Waals surface area contributed by atoms with Crippen molar-refractivity contribution in [3.05, 3.63) is 53.5 Å². The fraction of sp³-hybridized carbons (Fsp3) is 0.250. The highest BCUT2D eigenvalue weighted by Gasteiger charge is 2.33. The van der Waals surface area contributed by atoms with Crippen molar-refractivity contribution in [1.82, 2.24) is 15.0 Å². The first-order chi connectivity index (χ1) is 11.0. The summed E-state index contributed by atoms with van der Waals surface area (Å²) in [5, 5.41) is 3.62. The van der Waals surface area contributed by atoms with E-state index in [-0.39, 0.29) is 11.7 Å². The Bertz CT molecular complexity index is 869. The molecule has 1 aliphatic rings. The Labute approximate surface area is 129 Å². The third-order valence-electron chi connectivity index (χ3n) is 4.17. The normalized spacial score (nSPS) is 17.4. The number of nitrogens with zero attached hydrogens (tertiary/aromatic N) is 2. The lowest BCUT2D eigenvalue weighted by Gasteiger charge is -2.15. The zero-order valence-corrected chi connectivity index (χ0v) is 12.0. The van der Waals surface area contributed by atoms with E-state index in [1.807, 2.05) is 18.2 Å². The molecule has 2 aromatic heterocycles. The van der Waals surface area contributed by atoms with Crippen LogP contribution in [0.1, 0.15) is 29.3 Å². The van der Waals surface area contributed by atoms with Crippen LogP contribution in [0.2, 0.25) is 0 Å². The number of fused-ring (bicyclic) bond motifs is 2. The van der Waals surface area contributed by atoms with Crippen LogP contribution in [0.5, 0.6) is 0 Å². The minimum atomic E-state index is -4.43. The first-order valence-corrected chi connectivity index (χ1v) is 7.27. The average Bonchev–Trinajstić information content (AvgIpc) is 3.12. The largest absolute Gasteiger partial charge is 0.431 e. The van der Waals surface area contributed by atoms with Crippen molar-refractivity contribution in [3.8, 4) is 0 Å². The Morgan fingerprint density at radius 3 is 2.83 bits per heavy atom. The molecule has 0 amide bonds. The molecule has 4 nitrogen and oxygen atoms in total. The SMILES string of the molecule is FC(F)(F)c1cc2c(N[C@H]3CCc4ccccc43)ncnc2[nH]1. The van der Waals surface area contributed by atoms with Crippen molar-refractivity contribution in [2.24, 2.45) is 0 Å². The third kappa shape index (κ3) is 2.42. The Kier molecular flexibility index (Phi) is 3.04. The molecular weight excluding hydrogens is 305 g/mol. The second kappa shape index (κ2) is 4.97. The monoisotopic (exact) mass is 318 g/mol. The van der Waals surface area contributed by atoms with Gasteiger partial charge in [0.05, 0.1) is 11.4 Å². The highest BCUT2D eigenvalue weighted by atomic mass is 19.4. The first-order valence-electron chi connectivity index (χ1n) is 7.27. The van der Waals surface area contributed by atoms with E-state index in [9.17, 15) is 13.2 Å². The second-order valence-corrected chi connectivity index (χ2v) is 5.60. The van der Waals surface area contributed by atoms with Crippen LogP contribution in [0.4, 0.5) is 19.0 Å². The summed E-state index contributed by atoms with van der Waals surface area (Å²) < 4.78 is 38.6. The van der Waals surface area contributed by atoms with Crippen molar-refractivity contribution >= 4 is 16.9 Å². The van der Waals surface area contributed by atoms with Crippen molar-refractivity contribution in [1.29, 1.82) is 0 Å². The maximum absolute atomic E-state index is 12.9. The fourth-order valence-corrected chi connectivity index (χ4v) is 3.08. The maximum Gasteiger partial charge on any atom is 0.431 e. The van der Waals surface area contributed by atoms with Gasteiger partial charge in [0, 0.05) is 0 Å². The summed E-state index contributed by atoms with van der Waals surface area (Å²) in [7, 11) is 0. The van der Waals surface area contributed by atoms with Gasteiger partial charge in [-0.05, 0) is 30.0 Å². The third-order valence-corrected chi connectivity index (χ3v) is 4.17. The number of hydrogen-bond donors (Lipinski definition) is 2. The molecule has 0 spiro atoms. The summed E-state index contributed by atoms with van der Waals surface area (Å²) in [6.45, 7) is 0. The van der Waals surface area contributed by atoms with E-state index < -0.39 is 11.9 Å². The van der Waals surface area contributed by atoms with Crippen LogP contribution in [-0.4, -0.2) is 15.0 Å². The van der Waals surface area contributed by atoms with Gasteiger partial charge in [0.15, 0.2) is 0 Å². The molecule has 0 aliphatic heterocycles. The number of anilines is 1. The van der Waals surface area contributed by atoms with E-state index in [4.69, 9.17) is 0 Å². The topological polar surface area (TPSA) is 53.6 Å². The number of hydrogen-bond acceptors (Lipinski definition) is 3. The van der Waals surface area contributed by atoms with Crippen LogP contribution in [0.3, 0.4) is 0 Å². The predicted octanol–water partition coefficient (Wildman–Crippen LogP) is 4.08. The lowest BCUT2D eigenvalue weighted by molar-refractivity contribution is -0.140. The summed E-state index contributed by atoms with van der Waals surface area (Å²) in [4.78, 5) is 10.3. The predicted molar refractivity (Wildman–Crippen MR) is 80.0 cm³/mol. The number of aryl methyl sites for hydroxylation is 1. The van der Waals surface area contributed by atoms with Gasteiger partial charge in [-0.25, -0.2) is 9.97 Å². The van der Waals surface area contributed by atoms with Crippen LogP contribution >= 0.6 is 0 Å². The molecule has 0 saturated carbocycles. The zero-order valence-electron chi connectivity index (χ0n) is 12.0. The number of nitrogens with one attached hydrogen (secondary N) is 2. The van der Waals surface area contributed by atoms with Gasteiger partial charge < -0.3 is 10.3 Å². The lowest BCUT2D eigenvalue weighted by Crippen LogP contribution is -2.08. The molecule has 1 aromatic carbocycles. The fourth-order valence-electron chi connectivity index (χ4n) is 3.08. The number of aromatic nitrogens is 3. The number of H-pyrrole nitrogens is 1. The Morgan fingerprint density at radius 2 is 2.00 bits per heavy atom. The summed E-state index contributed by atoms with van der Waals surface area (Å²) in [5.41, 5.74) is 1.80. The molecule has 0 saturated heterocycles. The maximum atomic E-state index is 12.9. The van der Waals surface area contributed by atoms with Gasteiger partial charge in [-0.1, -0.05) is 24.3 Å². The molecule has 7 heteroatoms. The van der Waals surface area contributed by atoms with E-state index in [2.05, 4.69) is 26.3 Å². The molecule has 3 aromatic rings. The van der Waals surface area contributed by atoms with Crippen LogP contribution in [0.15, 0.2) is 36.7 Å². The molecule has 0 bridgehead atoms. The summed E-state index contributed by atoms with van der Waals surface area (Å²) >= 11 is 0. The molecule has 1 atom stereocenters. The molecule has 4 rings (SSSR count). The van der Waals surface area contributed by atoms with Gasteiger partial charge in [0.25, 0.3) is 0 Å². The van der Waals surface area contributed by atoms with E-state index in [1.54, 1.807) is 0 Å². The quantitative estimate of drug-likeness (QED) is 0.749. The Hall–Kier alpha value is -2.57. The van der Waals surface area contributed by atoms with Crippen molar-refractivity contribution in [2.75, 3.05) is 5.32 Å². The minimum absolute atomic E-state index is 0.0496. The molecule has 0 radical (unpaired) electrons. The molecule has 2 heterocycles. The lowest BCUT2D eigenvalue weighted by atomic mass is 10.1. The zero-order chi connectivity index (χ0) is 16.0. The number of halogens is 3. The molecule has 0 fully saturated rings. The molecular formula is C16H13F3N4. The van der Waals surface area contributed by atoms with Crippen molar-refractivity contribution in [2.45, 2.75) is 25.1 Å². The van der Waals surface area contributed by atoms with Crippen molar-refractivity contribution < 1.29 is 13.2 Å². The van der Waals surface area contributed by atoms with E-state index in [0.717, 1.165) is 18.9 Å². The van der Waals surface area contributed by atoms with E-state index in [1.165, 1.54) is 17.5 Å². The number of alkyl halides is 3. The second-order valence-electron chi connectivity index (χ2n) is 5.60. The van der Waals surface area contributed by atoms with Crippen LogP contribution in [0.25, 0.3) is 11.0 Å². The van der Waals surface area contributed by atoms with E-state index >= 15 is 0 Å². The highest BCUT2D eigenvalue weighted by Crippen LogP contribution is 2.36. The van der Waals surface area contributed by atoms with Gasteiger partial charge >= 0.3 is 6.18 Å². The number of rotatable bonds is 2. The Balaban J connectivity index is 1.71. The molecule has 2 N–H and O–H groups in total. The average molecular weight is 318 g/mol. The Morgan fingerprint density at radius 1 is 1.17 bits per heavy atom. The number of aromatic amines is 1. The molecule has 0 unspecified atom stereocenters. The van der Waals surface area contributed by atoms with Crippen LogP contribution in [0, 0.1) is 0 Å². The van der Waals surface area contributed by atoms with E-state index in [0.29, 0.717) is 11.2 Å². The van der Waals surface area contributed by atoms with Gasteiger partial charge in [0.1, 0.15) is 23.5 Å². The summed E-state index contributed by atoms with van der Waals surface area (Å²) in [6.07, 6.45) is -1.33. The standard InChI is InChI=1S/C16H13F3N4/c17-16(18,19)13-7-11-14(20-8-21-15(11)23-13)22-12-6-5-9-3-1-2-4-10(9)12/h1-4,7-8,12H,5-6H2,(H2,20,21,22,23)/t12-/m0/s1. The summed E-state index contributed by atoms with van der Waals surface area (Å²) in [5.74, 6) is 0.420. The van der Waals surface area contributed by atoms with Gasteiger partial charge in [-0.15, -0.1) is 0 Å². The van der Waals surface area contributed by atoms with Gasteiger partial charge in [-0.3, -0.25) is 0 Å². The van der Waals surface area contributed by atoms with Gasteiger partial charge in [0.2, 0.25) is 0 Å². The number of benzene rings is 1. The van der Waals surface area contributed by atoms with Gasteiger partial charge in [-0.2, -0.15) is 13.2 Å². The molecule has 118 valence electrons. The first kappa shape index (κ1) is 14.0.